The molecule has 9 heavy (non-hydrogen) atoms. The van der Waals surface area contributed by atoms with E-state index in [9.17, 15) is 4.79 Å². The van der Waals surface area contributed by atoms with Gasteiger partial charge in [-0.25, -0.2) is 0 Å². The van der Waals surface area contributed by atoms with Crippen molar-refractivity contribution in [2.75, 3.05) is 7.05 Å². The van der Waals surface area contributed by atoms with Gasteiger partial charge in [0, 0.05) is 0 Å². The molecule has 0 heterocycles. The normalized spacial score (nSPS) is 16.8. The molecule has 1 atom stereocenters. The summed E-state index contributed by atoms with van der Waals surface area (Å²) in [5.41, 5.74) is 4.56. The molecule has 0 unspecified atom stereocenters. The third-order valence-corrected chi connectivity index (χ3v) is 1.80. The van der Waals surface area contributed by atoms with E-state index in [1.807, 2.05) is 6.92 Å². The molecule has 0 aromatic rings. The quantitative estimate of drug-likeness (QED) is 0.558. The van der Waals surface area contributed by atoms with Crippen molar-refractivity contribution in [1.82, 2.24) is 5.32 Å². The molecule has 0 saturated carbocycles. The Bertz CT molecular complexity index is 108. The highest BCUT2D eigenvalue weighted by atomic mass is 16.1. The van der Waals surface area contributed by atoms with Crippen molar-refractivity contribution >= 4 is 5.91 Å². The zero-order chi connectivity index (χ0) is 7.49. The second-order valence-electron chi connectivity index (χ2n) is 2.30. The topological polar surface area (TPSA) is 55.1 Å². The van der Waals surface area contributed by atoms with E-state index in [0.717, 1.165) is 6.42 Å². The maximum Gasteiger partial charge on any atom is 0.237 e. The van der Waals surface area contributed by atoms with Crippen LogP contribution in [0.25, 0.3) is 0 Å². The van der Waals surface area contributed by atoms with Crippen LogP contribution in [0.4, 0.5) is 0 Å². The number of nitrogens with one attached hydrogen (secondary N) is 1. The summed E-state index contributed by atoms with van der Waals surface area (Å²) in [6, 6.07) is 0. The Morgan fingerprint density at radius 3 is 2.22 bits per heavy atom. The summed E-state index contributed by atoms with van der Waals surface area (Å²) < 4.78 is 0. The van der Waals surface area contributed by atoms with E-state index in [1.165, 1.54) is 0 Å². The summed E-state index contributed by atoms with van der Waals surface area (Å²) in [6.45, 7) is 3.70. The van der Waals surface area contributed by atoms with Crippen molar-refractivity contribution in [2.24, 2.45) is 5.73 Å². The first-order valence-corrected chi connectivity index (χ1v) is 3.05. The minimum Gasteiger partial charge on any atom is -0.368 e. The van der Waals surface area contributed by atoms with Gasteiger partial charge in [0.15, 0.2) is 0 Å². The van der Waals surface area contributed by atoms with E-state index in [-0.39, 0.29) is 5.91 Å². The minimum absolute atomic E-state index is 0.299. The van der Waals surface area contributed by atoms with Gasteiger partial charge in [0.2, 0.25) is 5.91 Å². The first kappa shape index (κ1) is 8.43. The first-order valence-electron chi connectivity index (χ1n) is 3.05. The monoisotopic (exact) mass is 130 g/mol. The molecule has 0 aromatic heterocycles. The Morgan fingerprint density at radius 1 is 1.78 bits per heavy atom. The van der Waals surface area contributed by atoms with Crippen LogP contribution in [0, 0.1) is 0 Å². The van der Waals surface area contributed by atoms with E-state index in [2.05, 4.69) is 5.32 Å². The lowest BCUT2D eigenvalue weighted by Crippen LogP contribution is -2.50. The highest BCUT2D eigenvalue weighted by Crippen LogP contribution is 2.05. The lowest BCUT2D eigenvalue weighted by atomic mass is 9.99. The number of nitrogens with two attached hydrogens (primary N) is 1. The highest BCUT2D eigenvalue weighted by molar-refractivity contribution is 5.83. The number of amides is 1. The van der Waals surface area contributed by atoms with Crippen LogP contribution < -0.4 is 11.1 Å². The maximum absolute atomic E-state index is 10.6. The number of primary amides is 1. The summed E-state index contributed by atoms with van der Waals surface area (Å²) in [7, 11) is 1.73. The van der Waals surface area contributed by atoms with Gasteiger partial charge in [0.25, 0.3) is 0 Å². The number of carbonyl (C=O) groups is 1. The number of rotatable bonds is 3. The predicted octanol–water partition coefficient (Wildman–Crippen LogP) is -0.140. The second-order valence-corrected chi connectivity index (χ2v) is 2.30. The molecule has 0 rings (SSSR count). The summed E-state index contributed by atoms with van der Waals surface area (Å²) in [5.74, 6) is -0.299. The molecule has 1 amide bonds. The summed E-state index contributed by atoms with van der Waals surface area (Å²) in [6.07, 6.45) is 0.721. The van der Waals surface area contributed by atoms with Gasteiger partial charge in [0.1, 0.15) is 0 Å². The largest absolute Gasteiger partial charge is 0.368 e. The molecule has 0 aliphatic carbocycles. The van der Waals surface area contributed by atoms with Crippen LogP contribution in [0.1, 0.15) is 20.3 Å². The predicted molar refractivity (Wildman–Crippen MR) is 37.0 cm³/mol. The third-order valence-electron chi connectivity index (χ3n) is 1.80. The number of hydrogen-bond donors (Lipinski definition) is 2. The number of carbonyl (C=O) groups excluding carboxylic acids is 1. The van der Waals surface area contributed by atoms with Gasteiger partial charge < -0.3 is 11.1 Å². The van der Waals surface area contributed by atoms with Gasteiger partial charge in [0.05, 0.1) is 5.54 Å². The molecular formula is C6H14N2O. The van der Waals surface area contributed by atoms with Crippen molar-refractivity contribution in [1.29, 1.82) is 0 Å². The minimum atomic E-state index is -0.528. The van der Waals surface area contributed by atoms with Crippen LogP contribution in [-0.4, -0.2) is 18.5 Å². The molecule has 54 valence electrons. The molecule has 0 spiro atoms. The van der Waals surface area contributed by atoms with Crippen molar-refractivity contribution in [3.05, 3.63) is 0 Å². The van der Waals surface area contributed by atoms with Crippen molar-refractivity contribution in [2.45, 2.75) is 25.8 Å². The standard InChI is InChI=1S/C6H14N2O/c1-4-6(2,8-3)5(7)9/h8H,4H2,1-3H3,(H2,7,9)/t6-/m0/s1. The van der Waals surface area contributed by atoms with Crippen LogP contribution in [0.15, 0.2) is 0 Å². The molecule has 0 aliphatic heterocycles. The lowest BCUT2D eigenvalue weighted by Gasteiger charge is -2.22. The lowest BCUT2D eigenvalue weighted by molar-refractivity contribution is -0.123. The second kappa shape index (κ2) is 2.82. The zero-order valence-electron chi connectivity index (χ0n) is 6.19. The van der Waals surface area contributed by atoms with Gasteiger partial charge >= 0.3 is 0 Å². The summed E-state index contributed by atoms with van der Waals surface area (Å²) in [4.78, 5) is 10.6. The van der Waals surface area contributed by atoms with Crippen molar-refractivity contribution < 1.29 is 4.79 Å². The smallest absolute Gasteiger partial charge is 0.237 e. The van der Waals surface area contributed by atoms with Crippen LogP contribution >= 0.6 is 0 Å². The Labute approximate surface area is 55.6 Å². The maximum atomic E-state index is 10.6. The Balaban J connectivity index is 4.09. The fourth-order valence-electron chi connectivity index (χ4n) is 0.474. The Kier molecular flexibility index (Phi) is 2.65. The number of hydrogen-bond acceptors (Lipinski definition) is 2. The van der Waals surface area contributed by atoms with E-state index in [0.29, 0.717) is 0 Å². The molecule has 3 N–H and O–H groups in total. The van der Waals surface area contributed by atoms with Crippen LogP contribution in [0.3, 0.4) is 0 Å². The van der Waals surface area contributed by atoms with Crippen molar-refractivity contribution in [3.8, 4) is 0 Å². The molecule has 0 aromatic carbocycles. The number of likely N-dealkylation sites (N-methyl/N-ethyl adjacent to an activating group) is 1. The molecule has 0 fully saturated rings. The third kappa shape index (κ3) is 1.68. The molecule has 0 saturated heterocycles. The van der Waals surface area contributed by atoms with Crippen molar-refractivity contribution in [3.63, 3.8) is 0 Å². The fourth-order valence-corrected chi connectivity index (χ4v) is 0.474. The Morgan fingerprint density at radius 2 is 2.22 bits per heavy atom. The van der Waals surface area contributed by atoms with Gasteiger partial charge in [-0.15, -0.1) is 0 Å². The summed E-state index contributed by atoms with van der Waals surface area (Å²) in [5, 5.41) is 2.85. The SMILES string of the molecule is CC[C@](C)(NC)C(N)=O. The van der Waals surface area contributed by atoms with E-state index in [4.69, 9.17) is 5.73 Å². The molecular weight excluding hydrogens is 116 g/mol. The van der Waals surface area contributed by atoms with E-state index >= 15 is 0 Å². The van der Waals surface area contributed by atoms with Crippen LogP contribution in [-0.2, 0) is 4.79 Å². The molecule has 0 aliphatic rings. The average molecular weight is 130 g/mol. The van der Waals surface area contributed by atoms with Gasteiger partial charge in [-0.2, -0.15) is 0 Å². The summed E-state index contributed by atoms with van der Waals surface area (Å²) >= 11 is 0. The van der Waals surface area contributed by atoms with E-state index in [1.54, 1.807) is 14.0 Å². The van der Waals surface area contributed by atoms with Gasteiger partial charge in [-0.1, -0.05) is 6.92 Å². The van der Waals surface area contributed by atoms with Crippen LogP contribution in [0.5, 0.6) is 0 Å². The highest BCUT2D eigenvalue weighted by Gasteiger charge is 2.25. The molecule has 0 bridgehead atoms. The van der Waals surface area contributed by atoms with Gasteiger partial charge in [-0.05, 0) is 20.4 Å². The molecule has 3 heteroatoms. The Hall–Kier alpha value is -0.570. The van der Waals surface area contributed by atoms with Crippen LogP contribution in [0.2, 0.25) is 0 Å². The van der Waals surface area contributed by atoms with E-state index < -0.39 is 5.54 Å². The molecule has 3 nitrogen and oxygen atoms in total. The first-order chi connectivity index (χ1) is 4.06. The zero-order valence-corrected chi connectivity index (χ0v) is 6.19. The molecule has 0 radical (unpaired) electrons. The fraction of sp³-hybridized carbons (Fsp3) is 0.833. The average Bonchev–Trinajstić information content (AvgIpc) is 1.86. The van der Waals surface area contributed by atoms with Gasteiger partial charge in [-0.3, -0.25) is 4.79 Å².